The second-order valence-electron chi connectivity index (χ2n) is 7.78. The molecule has 0 spiro atoms. The first kappa shape index (κ1) is 22.2. The number of rotatable bonds is 6. The summed E-state index contributed by atoms with van der Waals surface area (Å²) < 4.78 is 44.6. The molecule has 1 fully saturated rings. The summed E-state index contributed by atoms with van der Waals surface area (Å²) >= 11 is 0. The highest BCUT2D eigenvalue weighted by Crippen LogP contribution is 2.38. The van der Waals surface area contributed by atoms with Crippen molar-refractivity contribution in [1.82, 2.24) is 4.90 Å². The van der Waals surface area contributed by atoms with Gasteiger partial charge in [0.2, 0.25) is 0 Å². The molecular weight excluding hydrogens is 395 g/mol. The highest BCUT2D eigenvalue weighted by Gasteiger charge is 2.43. The van der Waals surface area contributed by atoms with Crippen LogP contribution in [0.25, 0.3) is 0 Å². The number of carbonyl (C=O) groups excluding carboxylic acids is 1. The minimum atomic E-state index is -4.42. The minimum absolute atomic E-state index is 0.209. The Hall–Kier alpha value is -2.54. The Morgan fingerprint density at radius 1 is 1.13 bits per heavy atom. The summed E-state index contributed by atoms with van der Waals surface area (Å²) in [6.45, 7) is 3.68. The monoisotopic (exact) mass is 421 g/mol. The molecule has 1 N–H and O–H groups in total. The number of carbonyl (C=O) groups is 1. The first-order valence-electron chi connectivity index (χ1n) is 10.1. The van der Waals surface area contributed by atoms with Crippen molar-refractivity contribution in [3.63, 3.8) is 0 Å². The zero-order chi connectivity index (χ0) is 21.8. The molecule has 7 heteroatoms. The van der Waals surface area contributed by atoms with Crippen LogP contribution in [0.3, 0.4) is 0 Å². The molecule has 2 aromatic carbocycles. The molecule has 4 nitrogen and oxygen atoms in total. The van der Waals surface area contributed by atoms with Gasteiger partial charge in [-0.2, -0.15) is 13.2 Å². The Balaban J connectivity index is 1.76. The van der Waals surface area contributed by atoms with Crippen molar-refractivity contribution in [3.05, 3.63) is 65.2 Å². The highest BCUT2D eigenvalue weighted by molar-refractivity contribution is 5.77. The third-order valence-electron chi connectivity index (χ3n) is 5.70. The third kappa shape index (κ3) is 5.14. The summed E-state index contributed by atoms with van der Waals surface area (Å²) in [4.78, 5) is 15.0. The number of benzene rings is 2. The number of halogens is 3. The number of para-hydroxylation sites is 1. The van der Waals surface area contributed by atoms with Crippen LogP contribution < -0.4 is 0 Å². The van der Waals surface area contributed by atoms with Gasteiger partial charge in [-0.3, -0.25) is 9.69 Å². The SMILES string of the molecule is CCOC(=O)C1(Cc2cccc(C(F)(F)F)c2)CCN(Cc2ccccc2O)CC1. The largest absolute Gasteiger partial charge is 0.508 e. The van der Waals surface area contributed by atoms with Gasteiger partial charge < -0.3 is 9.84 Å². The van der Waals surface area contributed by atoms with E-state index in [1.54, 1.807) is 25.1 Å². The van der Waals surface area contributed by atoms with Gasteiger partial charge in [0.15, 0.2) is 0 Å². The van der Waals surface area contributed by atoms with Gasteiger partial charge in [-0.25, -0.2) is 0 Å². The van der Waals surface area contributed by atoms with Crippen molar-refractivity contribution in [2.75, 3.05) is 19.7 Å². The average Bonchev–Trinajstić information content (AvgIpc) is 2.71. The fourth-order valence-electron chi connectivity index (χ4n) is 4.01. The molecule has 3 rings (SSSR count). The summed E-state index contributed by atoms with van der Waals surface area (Å²) in [6.07, 6.45) is -3.25. The zero-order valence-electron chi connectivity index (χ0n) is 16.9. The Labute approximate surface area is 174 Å². The number of likely N-dealkylation sites (tertiary alicyclic amines) is 1. The van der Waals surface area contributed by atoms with Gasteiger partial charge in [0, 0.05) is 12.1 Å². The first-order valence-corrected chi connectivity index (χ1v) is 10.1. The maximum Gasteiger partial charge on any atom is 0.416 e. The Morgan fingerprint density at radius 2 is 1.83 bits per heavy atom. The van der Waals surface area contributed by atoms with Gasteiger partial charge in [0.25, 0.3) is 0 Å². The van der Waals surface area contributed by atoms with E-state index < -0.39 is 17.2 Å². The van der Waals surface area contributed by atoms with E-state index in [1.165, 1.54) is 6.07 Å². The van der Waals surface area contributed by atoms with Crippen LogP contribution in [-0.4, -0.2) is 35.7 Å². The van der Waals surface area contributed by atoms with Gasteiger partial charge in [0.05, 0.1) is 17.6 Å². The number of hydrogen-bond acceptors (Lipinski definition) is 4. The molecule has 0 amide bonds. The normalized spacial score (nSPS) is 16.9. The minimum Gasteiger partial charge on any atom is -0.508 e. The number of alkyl halides is 3. The molecule has 0 atom stereocenters. The topological polar surface area (TPSA) is 49.8 Å². The number of piperidine rings is 1. The molecule has 0 bridgehead atoms. The van der Waals surface area contributed by atoms with E-state index in [0.717, 1.165) is 17.7 Å². The van der Waals surface area contributed by atoms with E-state index in [2.05, 4.69) is 4.90 Å². The smallest absolute Gasteiger partial charge is 0.416 e. The molecule has 1 saturated heterocycles. The Bertz CT molecular complexity index is 874. The molecule has 0 aromatic heterocycles. The zero-order valence-corrected chi connectivity index (χ0v) is 16.9. The maximum atomic E-state index is 13.1. The number of phenols is 1. The third-order valence-corrected chi connectivity index (χ3v) is 5.70. The van der Waals surface area contributed by atoms with E-state index in [0.29, 0.717) is 38.0 Å². The van der Waals surface area contributed by atoms with E-state index in [9.17, 15) is 23.1 Å². The predicted molar refractivity (Wildman–Crippen MR) is 107 cm³/mol. The number of phenolic OH excluding ortho intramolecular Hbond substituents is 1. The lowest BCUT2D eigenvalue weighted by atomic mass is 9.73. The Morgan fingerprint density at radius 3 is 2.47 bits per heavy atom. The number of aromatic hydroxyl groups is 1. The standard InChI is InChI=1S/C23H26F3NO3/c1-2-30-21(29)22(15-17-6-5-8-19(14-17)23(24,25)26)10-12-27(13-11-22)16-18-7-3-4-9-20(18)28/h3-9,14,28H,2,10-13,15-16H2,1H3. The van der Waals surface area contributed by atoms with Crippen LogP contribution in [0, 0.1) is 5.41 Å². The number of ether oxygens (including phenoxy) is 1. The summed E-state index contributed by atoms with van der Waals surface area (Å²) in [5.74, 6) is -0.131. The number of hydrogen-bond donors (Lipinski definition) is 1. The second-order valence-corrected chi connectivity index (χ2v) is 7.78. The summed E-state index contributed by atoms with van der Waals surface area (Å²) in [5.41, 5.74) is -0.280. The molecule has 1 aliphatic heterocycles. The van der Waals surface area contributed by atoms with Gasteiger partial charge in [-0.15, -0.1) is 0 Å². The predicted octanol–water partition coefficient (Wildman–Crippen LogP) is 4.80. The van der Waals surface area contributed by atoms with Crippen LogP contribution in [0.15, 0.2) is 48.5 Å². The number of nitrogens with zero attached hydrogens (tertiary/aromatic N) is 1. The van der Waals surface area contributed by atoms with Gasteiger partial charge >= 0.3 is 12.1 Å². The van der Waals surface area contributed by atoms with E-state index in [4.69, 9.17) is 4.74 Å². The fourth-order valence-corrected chi connectivity index (χ4v) is 4.01. The number of esters is 1. The van der Waals surface area contributed by atoms with Gasteiger partial charge in [0.1, 0.15) is 5.75 Å². The van der Waals surface area contributed by atoms with Crippen LogP contribution in [0.1, 0.15) is 36.5 Å². The summed E-state index contributed by atoms with van der Waals surface area (Å²) in [5, 5.41) is 10.00. The second kappa shape index (κ2) is 9.08. The van der Waals surface area contributed by atoms with E-state index in [-0.39, 0.29) is 24.7 Å². The van der Waals surface area contributed by atoms with Crippen molar-refractivity contribution in [2.24, 2.45) is 5.41 Å². The molecule has 0 unspecified atom stereocenters. The van der Waals surface area contributed by atoms with Crippen LogP contribution in [-0.2, 0) is 28.7 Å². The van der Waals surface area contributed by atoms with Gasteiger partial charge in [-0.05, 0) is 57.0 Å². The van der Waals surface area contributed by atoms with E-state index >= 15 is 0 Å². The van der Waals surface area contributed by atoms with Crippen molar-refractivity contribution in [3.8, 4) is 5.75 Å². The first-order chi connectivity index (χ1) is 14.2. The lowest BCUT2D eigenvalue weighted by molar-refractivity contribution is -0.158. The molecule has 0 radical (unpaired) electrons. The summed E-state index contributed by atoms with van der Waals surface area (Å²) in [6, 6.07) is 12.3. The molecule has 2 aromatic rings. The fraction of sp³-hybridized carbons (Fsp3) is 0.435. The van der Waals surface area contributed by atoms with Crippen LogP contribution in [0.4, 0.5) is 13.2 Å². The van der Waals surface area contributed by atoms with Crippen molar-refractivity contribution < 1.29 is 27.8 Å². The molecule has 1 aliphatic rings. The van der Waals surface area contributed by atoms with Crippen molar-refractivity contribution in [1.29, 1.82) is 0 Å². The molecule has 30 heavy (non-hydrogen) atoms. The maximum absolute atomic E-state index is 13.1. The molecule has 1 heterocycles. The lowest BCUT2D eigenvalue weighted by Crippen LogP contribution is -2.46. The van der Waals surface area contributed by atoms with Crippen LogP contribution in [0.2, 0.25) is 0 Å². The summed E-state index contributed by atoms with van der Waals surface area (Å²) in [7, 11) is 0. The van der Waals surface area contributed by atoms with E-state index in [1.807, 2.05) is 12.1 Å². The van der Waals surface area contributed by atoms with Crippen molar-refractivity contribution >= 4 is 5.97 Å². The van der Waals surface area contributed by atoms with Crippen LogP contribution in [0.5, 0.6) is 5.75 Å². The molecule has 0 saturated carbocycles. The molecule has 162 valence electrons. The van der Waals surface area contributed by atoms with Gasteiger partial charge in [-0.1, -0.05) is 36.4 Å². The Kier molecular flexibility index (Phi) is 6.71. The van der Waals surface area contributed by atoms with Crippen LogP contribution >= 0.6 is 0 Å². The molecular formula is C23H26F3NO3. The highest BCUT2D eigenvalue weighted by atomic mass is 19.4. The molecule has 0 aliphatic carbocycles. The average molecular weight is 421 g/mol. The quantitative estimate of drug-likeness (QED) is 0.681. The van der Waals surface area contributed by atoms with Crippen molar-refractivity contribution in [2.45, 2.75) is 38.9 Å². The lowest BCUT2D eigenvalue weighted by Gasteiger charge is -2.40.